The van der Waals surface area contributed by atoms with Crippen LogP contribution >= 0.6 is 0 Å². The van der Waals surface area contributed by atoms with Crippen LogP contribution in [0.5, 0.6) is 0 Å². The molecule has 2 saturated heterocycles. The molecule has 0 bridgehead atoms. The number of ether oxygens (including phenoxy) is 1. The molecule has 0 saturated carbocycles. The number of nitrogens with zero attached hydrogens (tertiary/aromatic N) is 5. The molecule has 0 N–H and O–H groups in total. The smallest absolute Gasteiger partial charge is 0.272 e. The summed E-state index contributed by atoms with van der Waals surface area (Å²) >= 11 is 0. The minimum atomic E-state index is -0.0127. The Labute approximate surface area is 160 Å². The molecule has 2 aliphatic rings. The lowest BCUT2D eigenvalue weighted by Crippen LogP contribution is -2.43. The molecule has 0 radical (unpaired) electrons. The van der Waals surface area contributed by atoms with E-state index in [1.54, 1.807) is 6.07 Å². The Hall–Kier alpha value is -2.25. The Morgan fingerprint density at radius 1 is 1.30 bits per heavy atom. The molecule has 7 nitrogen and oxygen atoms in total. The number of likely N-dealkylation sites (tertiary alicyclic amines) is 1. The van der Waals surface area contributed by atoms with Gasteiger partial charge in [0, 0.05) is 50.2 Å². The Morgan fingerprint density at radius 2 is 2.19 bits per heavy atom. The minimum absolute atomic E-state index is 0.00567. The largest absolute Gasteiger partial charge is 0.379 e. The van der Waals surface area contributed by atoms with Gasteiger partial charge in [0.1, 0.15) is 11.5 Å². The van der Waals surface area contributed by atoms with E-state index in [0.29, 0.717) is 25.5 Å². The molecule has 0 aromatic carbocycles. The van der Waals surface area contributed by atoms with Crippen molar-refractivity contribution >= 4 is 5.91 Å². The van der Waals surface area contributed by atoms with Gasteiger partial charge in [0.05, 0.1) is 19.8 Å². The zero-order valence-corrected chi connectivity index (χ0v) is 16.1. The molecule has 0 aliphatic carbocycles. The lowest BCUT2D eigenvalue weighted by molar-refractivity contribution is 0.0639. The molecule has 2 aromatic rings. The van der Waals surface area contributed by atoms with Gasteiger partial charge in [-0.1, -0.05) is 6.07 Å². The molecular formula is C20H27N5O2. The maximum absolute atomic E-state index is 13.0. The third-order valence-electron chi connectivity index (χ3n) is 5.64. The number of rotatable bonds is 3. The minimum Gasteiger partial charge on any atom is -0.379 e. The summed E-state index contributed by atoms with van der Waals surface area (Å²) in [6.45, 7) is 7.29. The van der Waals surface area contributed by atoms with Crippen LogP contribution in [0.1, 0.15) is 28.4 Å². The lowest BCUT2D eigenvalue weighted by atomic mass is 9.87. The number of carbonyl (C=O) groups excluding carboxylic acids is 1. The number of aromatic nitrogens is 3. The van der Waals surface area contributed by atoms with Crippen LogP contribution in [0.25, 0.3) is 0 Å². The molecule has 4 heterocycles. The normalized spacial score (nSPS) is 23.7. The van der Waals surface area contributed by atoms with E-state index < -0.39 is 0 Å². The number of hydrogen-bond acceptors (Lipinski definition) is 5. The van der Waals surface area contributed by atoms with E-state index in [1.165, 1.54) is 0 Å². The van der Waals surface area contributed by atoms with Crippen molar-refractivity contribution in [2.24, 2.45) is 12.5 Å². The fourth-order valence-electron chi connectivity index (χ4n) is 4.15. The summed E-state index contributed by atoms with van der Waals surface area (Å²) in [5.74, 6) is 1.07. The van der Waals surface area contributed by atoms with Crippen LogP contribution < -0.4 is 0 Å². The van der Waals surface area contributed by atoms with Crippen molar-refractivity contribution in [3.8, 4) is 0 Å². The standard InChI is InChI=1S/C20H27N5O2/c1-16-4-3-5-17(22-16)19(26)25-10-11-27-15-20(14-25)6-8-24(13-20)12-18-21-7-9-23(18)2/h3-5,7,9H,6,8,10-15H2,1-2H3/t20-/m0/s1. The predicted molar refractivity (Wildman–Crippen MR) is 101 cm³/mol. The summed E-state index contributed by atoms with van der Waals surface area (Å²) in [6, 6.07) is 5.61. The summed E-state index contributed by atoms with van der Waals surface area (Å²) in [6.07, 6.45) is 4.85. The molecule has 7 heteroatoms. The highest BCUT2D eigenvalue weighted by Gasteiger charge is 2.42. The number of hydrogen-bond donors (Lipinski definition) is 0. The van der Waals surface area contributed by atoms with Gasteiger partial charge in [-0.2, -0.15) is 0 Å². The van der Waals surface area contributed by atoms with Crippen LogP contribution in [0, 0.1) is 12.3 Å². The average molecular weight is 369 g/mol. The van der Waals surface area contributed by atoms with Gasteiger partial charge in [-0.25, -0.2) is 9.97 Å². The number of amides is 1. The van der Waals surface area contributed by atoms with E-state index in [2.05, 4.69) is 19.4 Å². The maximum Gasteiger partial charge on any atom is 0.272 e. The topological polar surface area (TPSA) is 63.5 Å². The summed E-state index contributed by atoms with van der Waals surface area (Å²) in [4.78, 5) is 26.2. The van der Waals surface area contributed by atoms with Crippen LogP contribution in [-0.4, -0.2) is 69.6 Å². The number of aryl methyl sites for hydroxylation is 2. The van der Waals surface area contributed by atoms with Crippen LogP contribution in [0.4, 0.5) is 0 Å². The molecule has 1 atom stereocenters. The SMILES string of the molecule is Cc1cccc(C(=O)N2CCOC[C@]3(CCN(Cc4nccn4C)C3)C2)n1. The fraction of sp³-hybridized carbons (Fsp3) is 0.550. The van der Waals surface area contributed by atoms with Crippen LogP contribution in [0.2, 0.25) is 0 Å². The van der Waals surface area contributed by atoms with Crippen molar-refractivity contribution < 1.29 is 9.53 Å². The van der Waals surface area contributed by atoms with Crippen LogP contribution in [-0.2, 0) is 18.3 Å². The second kappa shape index (κ2) is 7.40. The summed E-state index contributed by atoms with van der Waals surface area (Å²) < 4.78 is 7.98. The predicted octanol–water partition coefficient (Wildman–Crippen LogP) is 1.49. The van der Waals surface area contributed by atoms with E-state index >= 15 is 0 Å². The second-order valence-corrected chi connectivity index (χ2v) is 7.86. The molecular weight excluding hydrogens is 342 g/mol. The first-order chi connectivity index (χ1) is 13.0. The van der Waals surface area contributed by atoms with E-state index in [4.69, 9.17) is 4.74 Å². The van der Waals surface area contributed by atoms with Crippen molar-refractivity contribution in [1.29, 1.82) is 0 Å². The highest BCUT2D eigenvalue weighted by atomic mass is 16.5. The van der Waals surface area contributed by atoms with Crippen LogP contribution in [0.3, 0.4) is 0 Å². The third-order valence-corrected chi connectivity index (χ3v) is 5.64. The van der Waals surface area contributed by atoms with E-state index in [1.807, 2.05) is 43.4 Å². The molecule has 2 aromatic heterocycles. The molecule has 2 aliphatic heterocycles. The fourth-order valence-corrected chi connectivity index (χ4v) is 4.15. The Kier molecular flexibility index (Phi) is 4.97. The van der Waals surface area contributed by atoms with Crippen molar-refractivity contribution in [3.05, 3.63) is 47.8 Å². The quantitative estimate of drug-likeness (QED) is 0.820. The van der Waals surface area contributed by atoms with E-state index in [0.717, 1.165) is 44.1 Å². The Bertz CT molecular complexity index is 820. The van der Waals surface area contributed by atoms with Gasteiger partial charge in [0.25, 0.3) is 5.91 Å². The Balaban J connectivity index is 1.47. The molecule has 1 spiro atoms. The molecule has 1 amide bonds. The Morgan fingerprint density at radius 3 is 2.96 bits per heavy atom. The van der Waals surface area contributed by atoms with Crippen molar-refractivity contribution in [2.75, 3.05) is 39.4 Å². The van der Waals surface area contributed by atoms with Gasteiger partial charge in [0.15, 0.2) is 0 Å². The molecule has 144 valence electrons. The second-order valence-electron chi connectivity index (χ2n) is 7.86. The first-order valence-electron chi connectivity index (χ1n) is 9.54. The van der Waals surface area contributed by atoms with E-state index in [9.17, 15) is 4.79 Å². The van der Waals surface area contributed by atoms with Gasteiger partial charge in [0.2, 0.25) is 0 Å². The van der Waals surface area contributed by atoms with Crippen molar-refractivity contribution in [3.63, 3.8) is 0 Å². The highest BCUT2D eigenvalue weighted by molar-refractivity contribution is 5.92. The maximum atomic E-state index is 13.0. The number of pyridine rings is 1. The summed E-state index contributed by atoms with van der Waals surface area (Å²) in [5, 5.41) is 0. The zero-order chi connectivity index (χ0) is 18.9. The third kappa shape index (κ3) is 3.89. The number of carbonyl (C=O) groups is 1. The van der Waals surface area contributed by atoms with Gasteiger partial charge < -0.3 is 14.2 Å². The van der Waals surface area contributed by atoms with Gasteiger partial charge in [-0.3, -0.25) is 9.69 Å². The monoisotopic (exact) mass is 369 g/mol. The summed E-state index contributed by atoms with van der Waals surface area (Å²) in [7, 11) is 2.03. The zero-order valence-electron chi connectivity index (χ0n) is 16.1. The van der Waals surface area contributed by atoms with Gasteiger partial charge in [-0.15, -0.1) is 0 Å². The first kappa shape index (κ1) is 18.1. The van der Waals surface area contributed by atoms with Gasteiger partial charge >= 0.3 is 0 Å². The van der Waals surface area contributed by atoms with Crippen molar-refractivity contribution in [2.45, 2.75) is 19.9 Å². The highest BCUT2D eigenvalue weighted by Crippen LogP contribution is 2.34. The van der Waals surface area contributed by atoms with Crippen LogP contribution in [0.15, 0.2) is 30.6 Å². The average Bonchev–Trinajstić information content (AvgIpc) is 3.17. The van der Waals surface area contributed by atoms with Crippen molar-refractivity contribution in [1.82, 2.24) is 24.3 Å². The van der Waals surface area contributed by atoms with Gasteiger partial charge in [-0.05, 0) is 32.0 Å². The molecule has 2 fully saturated rings. The molecule has 0 unspecified atom stereocenters. The molecule has 4 rings (SSSR count). The lowest BCUT2D eigenvalue weighted by Gasteiger charge is -2.32. The number of imidazole rings is 1. The van der Waals surface area contributed by atoms with E-state index in [-0.39, 0.29) is 11.3 Å². The summed E-state index contributed by atoms with van der Waals surface area (Å²) in [5.41, 5.74) is 1.37. The molecule has 27 heavy (non-hydrogen) atoms. The first-order valence-corrected chi connectivity index (χ1v) is 9.54.